The monoisotopic (exact) mass is 465 g/mol. The quantitative estimate of drug-likeness (QED) is 0.296. The van der Waals surface area contributed by atoms with Crippen molar-refractivity contribution in [3.05, 3.63) is 33.9 Å². The van der Waals surface area contributed by atoms with E-state index in [1.54, 1.807) is 7.11 Å². The maximum absolute atomic E-state index is 12.2. The van der Waals surface area contributed by atoms with E-state index in [-0.39, 0.29) is 18.5 Å². The van der Waals surface area contributed by atoms with Crippen LogP contribution in [-0.2, 0) is 32.0 Å². The number of rotatable bonds is 10. The number of morpholine rings is 1. The second kappa shape index (κ2) is 11.6. The van der Waals surface area contributed by atoms with Crippen molar-refractivity contribution in [1.29, 1.82) is 0 Å². The highest BCUT2D eigenvalue weighted by atomic mass is 31.0. The molecule has 0 aromatic heterocycles. The SMILES string of the molecule is COc1c(C)c2c(c(OP)c1CC=C(C)CCC(=O)OCCN1CCOCC1)C(=O)OC2. The lowest BCUT2D eigenvalue weighted by Crippen LogP contribution is -2.38. The number of esters is 2. The summed E-state index contributed by atoms with van der Waals surface area (Å²) in [6.45, 7) is 8.48. The van der Waals surface area contributed by atoms with Crippen LogP contribution in [0, 0.1) is 6.92 Å². The molecule has 1 aromatic rings. The third kappa shape index (κ3) is 5.80. The summed E-state index contributed by atoms with van der Waals surface area (Å²) in [7, 11) is 3.81. The van der Waals surface area contributed by atoms with Crippen LogP contribution < -0.4 is 9.26 Å². The van der Waals surface area contributed by atoms with Gasteiger partial charge in [-0.3, -0.25) is 9.69 Å². The van der Waals surface area contributed by atoms with Crippen molar-refractivity contribution in [3.8, 4) is 11.5 Å². The number of ether oxygens (including phenoxy) is 4. The summed E-state index contributed by atoms with van der Waals surface area (Å²) < 4.78 is 27.0. The molecule has 0 N–H and O–H groups in total. The summed E-state index contributed by atoms with van der Waals surface area (Å²) in [6.07, 6.45) is 3.46. The molecule has 9 heteroatoms. The third-order valence-corrected chi connectivity index (χ3v) is 6.13. The number of carbonyl (C=O) groups is 2. The summed E-state index contributed by atoms with van der Waals surface area (Å²) in [5.41, 5.74) is 3.97. The van der Waals surface area contributed by atoms with Gasteiger partial charge in [0.05, 0.1) is 29.8 Å². The number of hydrogen-bond acceptors (Lipinski definition) is 8. The Morgan fingerprint density at radius 3 is 2.66 bits per heavy atom. The normalized spacial score (nSPS) is 16.5. The van der Waals surface area contributed by atoms with Crippen molar-refractivity contribution in [2.45, 2.75) is 39.7 Å². The van der Waals surface area contributed by atoms with Crippen LogP contribution in [0.4, 0.5) is 0 Å². The lowest BCUT2D eigenvalue weighted by atomic mass is 9.94. The van der Waals surface area contributed by atoms with Gasteiger partial charge in [-0.2, -0.15) is 0 Å². The van der Waals surface area contributed by atoms with E-state index in [0.29, 0.717) is 42.9 Å². The van der Waals surface area contributed by atoms with Gasteiger partial charge in [-0.15, -0.1) is 0 Å². The topological polar surface area (TPSA) is 83.5 Å². The predicted molar refractivity (Wildman–Crippen MR) is 122 cm³/mol. The maximum Gasteiger partial charge on any atom is 0.342 e. The van der Waals surface area contributed by atoms with Gasteiger partial charge in [-0.1, -0.05) is 11.6 Å². The fraction of sp³-hybridized carbons (Fsp3) is 0.565. The van der Waals surface area contributed by atoms with Gasteiger partial charge in [0.15, 0.2) is 0 Å². The van der Waals surface area contributed by atoms with Gasteiger partial charge in [-0.25, -0.2) is 4.79 Å². The summed E-state index contributed by atoms with van der Waals surface area (Å²) in [5, 5.41) is 0. The summed E-state index contributed by atoms with van der Waals surface area (Å²) in [6, 6.07) is 0. The van der Waals surface area contributed by atoms with Crippen LogP contribution in [0.3, 0.4) is 0 Å². The Morgan fingerprint density at radius 2 is 1.97 bits per heavy atom. The number of fused-ring (bicyclic) bond motifs is 1. The molecular formula is C23H32NO7P. The van der Waals surface area contributed by atoms with E-state index in [9.17, 15) is 9.59 Å². The first-order chi connectivity index (χ1) is 15.5. The van der Waals surface area contributed by atoms with Gasteiger partial charge in [0.2, 0.25) is 0 Å². The van der Waals surface area contributed by atoms with E-state index < -0.39 is 0 Å². The highest BCUT2D eigenvalue weighted by Crippen LogP contribution is 2.43. The molecule has 1 saturated heterocycles. The smallest absolute Gasteiger partial charge is 0.342 e. The Balaban J connectivity index is 1.57. The minimum absolute atomic E-state index is 0.200. The van der Waals surface area contributed by atoms with E-state index >= 15 is 0 Å². The number of allylic oxidation sites excluding steroid dienone is 2. The zero-order chi connectivity index (χ0) is 23.1. The standard InChI is InChI=1S/C23H32NO7P/c1-15(5-7-19(25)29-13-10-24-8-11-28-12-9-24)4-6-17-21(27-3)16(2)18-14-30-23(26)20(18)22(17)31-32/h4H,5-14,32H2,1-3H3. The Bertz CT molecular complexity index is 878. The lowest BCUT2D eigenvalue weighted by molar-refractivity contribution is -0.144. The average molecular weight is 465 g/mol. The van der Waals surface area contributed by atoms with Crippen LogP contribution in [0.5, 0.6) is 11.5 Å². The first kappa shape index (κ1) is 24.5. The zero-order valence-electron chi connectivity index (χ0n) is 19.0. The summed E-state index contributed by atoms with van der Waals surface area (Å²) >= 11 is 0. The summed E-state index contributed by atoms with van der Waals surface area (Å²) in [4.78, 5) is 26.5. The largest absolute Gasteiger partial charge is 0.496 e. The van der Waals surface area contributed by atoms with Crippen molar-refractivity contribution in [2.75, 3.05) is 46.6 Å². The van der Waals surface area contributed by atoms with Gasteiger partial charge in [0, 0.05) is 37.2 Å². The molecule has 1 fully saturated rings. The molecule has 0 bridgehead atoms. The molecule has 1 aromatic carbocycles. The van der Waals surface area contributed by atoms with Gasteiger partial charge in [-0.05, 0) is 32.3 Å². The van der Waals surface area contributed by atoms with E-state index in [1.165, 1.54) is 0 Å². The van der Waals surface area contributed by atoms with Crippen molar-refractivity contribution in [1.82, 2.24) is 4.90 Å². The molecule has 32 heavy (non-hydrogen) atoms. The molecule has 3 rings (SSSR count). The van der Waals surface area contributed by atoms with Gasteiger partial charge >= 0.3 is 11.9 Å². The average Bonchev–Trinajstić information content (AvgIpc) is 3.19. The molecule has 0 radical (unpaired) electrons. The van der Waals surface area contributed by atoms with Crippen LogP contribution in [0.1, 0.15) is 46.8 Å². The summed E-state index contributed by atoms with van der Waals surface area (Å²) in [5.74, 6) is 0.561. The molecule has 2 aliphatic heterocycles. The predicted octanol–water partition coefficient (Wildman–Crippen LogP) is 2.99. The molecule has 0 saturated carbocycles. The highest BCUT2D eigenvalue weighted by molar-refractivity contribution is 7.10. The molecular weight excluding hydrogens is 433 g/mol. The molecule has 0 amide bonds. The van der Waals surface area contributed by atoms with Crippen LogP contribution in [0.2, 0.25) is 0 Å². The number of benzene rings is 1. The Labute approximate surface area is 191 Å². The van der Waals surface area contributed by atoms with Gasteiger partial charge in [0.1, 0.15) is 30.3 Å². The van der Waals surface area contributed by atoms with Crippen LogP contribution in [-0.4, -0.2) is 63.4 Å². The minimum atomic E-state index is -0.384. The molecule has 176 valence electrons. The molecule has 8 nitrogen and oxygen atoms in total. The molecule has 2 aliphatic rings. The lowest BCUT2D eigenvalue weighted by Gasteiger charge is -2.26. The fourth-order valence-corrected chi connectivity index (χ4v) is 4.26. The van der Waals surface area contributed by atoms with Crippen molar-refractivity contribution >= 4 is 21.4 Å². The maximum atomic E-state index is 12.2. The number of cyclic esters (lactones) is 1. The van der Waals surface area contributed by atoms with Crippen molar-refractivity contribution in [3.63, 3.8) is 0 Å². The first-order valence-corrected chi connectivity index (χ1v) is 11.3. The molecule has 2 heterocycles. The molecule has 1 atom stereocenters. The van der Waals surface area contributed by atoms with Crippen molar-refractivity contribution < 1.29 is 33.1 Å². The Kier molecular flexibility index (Phi) is 8.91. The van der Waals surface area contributed by atoms with E-state index in [4.69, 9.17) is 23.5 Å². The number of carbonyl (C=O) groups excluding carboxylic acids is 2. The van der Waals surface area contributed by atoms with Crippen LogP contribution in [0.25, 0.3) is 0 Å². The second-order valence-electron chi connectivity index (χ2n) is 7.94. The molecule has 0 spiro atoms. The molecule has 1 unspecified atom stereocenters. The first-order valence-electron chi connectivity index (χ1n) is 10.8. The van der Waals surface area contributed by atoms with Gasteiger partial charge < -0.3 is 23.5 Å². The third-order valence-electron chi connectivity index (χ3n) is 5.90. The highest BCUT2D eigenvalue weighted by Gasteiger charge is 2.32. The molecule has 0 aliphatic carbocycles. The minimum Gasteiger partial charge on any atom is -0.496 e. The zero-order valence-corrected chi connectivity index (χ0v) is 20.2. The van der Waals surface area contributed by atoms with E-state index in [0.717, 1.165) is 55.1 Å². The Morgan fingerprint density at radius 1 is 1.22 bits per heavy atom. The van der Waals surface area contributed by atoms with Crippen LogP contribution in [0.15, 0.2) is 11.6 Å². The number of methoxy groups -OCH3 is 1. The van der Waals surface area contributed by atoms with Crippen LogP contribution >= 0.6 is 9.47 Å². The van der Waals surface area contributed by atoms with E-state index in [1.807, 2.05) is 19.9 Å². The number of nitrogens with zero attached hydrogens (tertiary/aromatic N) is 1. The number of hydrogen-bond donors (Lipinski definition) is 0. The van der Waals surface area contributed by atoms with Gasteiger partial charge in [0.25, 0.3) is 0 Å². The van der Waals surface area contributed by atoms with E-state index in [2.05, 4.69) is 14.4 Å². The van der Waals surface area contributed by atoms with Crippen molar-refractivity contribution in [2.24, 2.45) is 0 Å². The Hall–Kier alpha value is -2.15. The second-order valence-corrected chi connectivity index (χ2v) is 8.18. The fourth-order valence-electron chi connectivity index (χ4n) is 4.00.